The van der Waals surface area contributed by atoms with E-state index in [-0.39, 0.29) is 0 Å². The van der Waals surface area contributed by atoms with Crippen molar-refractivity contribution < 1.29 is 13.4 Å². The Kier molecular flexibility index (Phi) is 3.41. The molecule has 0 saturated heterocycles. The third kappa shape index (κ3) is 2.23. The summed E-state index contributed by atoms with van der Waals surface area (Å²) in [6.07, 6.45) is 0. The van der Waals surface area contributed by atoms with Crippen molar-refractivity contribution in [2.75, 3.05) is 0 Å². The van der Waals surface area contributed by atoms with Gasteiger partial charge in [0.15, 0.2) is 0 Å². The number of hydrogen-bond donors (Lipinski definition) is 0. The summed E-state index contributed by atoms with van der Waals surface area (Å²) in [4.78, 5) is 0. The maximum atomic E-state index is 6.69. The van der Waals surface area contributed by atoms with Crippen molar-refractivity contribution in [3.63, 3.8) is 0 Å². The lowest BCUT2D eigenvalue weighted by Crippen LogP contribution is -2.32. The van der Waals surface area contributed by atoms with E-state index in [9.17, 15) is 0 Å². The molecule has 3 heterocycles. The lowest BCUT2D eigenvalue weighted by Gasteiger charge is -2.07. The van der Waals surface area contributed by atoms with E-state index in [1.807, 2.05) is 18.2 Å². The van der Waals surface area contributed by atoms with Gasteiger partial charge in [0.05, 0.1) is 10.9 Å². The second-order valence-electron chi connectivity index (χ2n) is 8.49. The molecule has 0 aliphatic heterocycles. The van der Waals surface area contributed by atoms with E-state index in [0.29, 0.717) is 0 Å². The SMILES string of the molecule is Cc1ccc2c(oc3c2ccc2oc4ccccc4c23)c1-c1ccc2ccccc2[n+]1C. The molecule has 0 unspecified atom stereocenters. The average molecular weight is 414 g/mol. The van der Waals surface area contributed by atoms with Crippen LogP contribution in [0, 0.1) is 6.92 Å². The molecule has 0 N–H and O–H groups in total. The van der Waals surface area contributed by atoms with Crippen molar-refractivity contribution in [3.05, 3.63) is 90.5 Å². The molecule has 3 heteroatoms. The van der Waals surface area contributed by atoms with Gasteiger partial charge in [-0.3, -0.25) is 0 Å². The number of pyridine rings is 1. The van der Waals surface area contributed by atoms with Crippen molar-refractivity contribution in [2.24, 2.45) is 7.05 Å². The molecule has 7 aromatic rings. The monoisotopic (exact) mass is 414 g/mol. The van der Waals surface area contributed by atoms with E-state index in [2.05, 4.69) is 85.3 Å². The topological polar surface area (TPSA) is 30.2 Å². The van der Waals surface area contributed by atoms with Crippen molar-refractivity contribution in [3.8, 4) is 11.3 Å². The van der Waals surface area contributed by atoms with Gasteiger partial charge in [0.1, 0.15) is 29.4 Å². The normalized spacial score (nSPS) is 12.1. The number of para-hydroxylation sites is 2. The zero-order chi connectivity index (χ0) is 21.4. The fourth-order valence-electron chi connectivity index (χ4n) is 5.12. The van der Waals surface area contributed by atoms with Crippen LogP contribution in [0.1, 0.15) is 5.56 Å². The Labute approximate surface area is 184 Å². The summed E-state index contributed by atoms with van der Waals surface area (Å²) in [6.45, 7) is 2.15. The van der Waals surface area contributed by atoms with E-state index in [0.717, 1.165) is 55.1 Å². The van der Waals surface area contributed by atoms with Crippen molar-refractivity contribution in [1.82, 2.24) is 0 Å². The molecule has 0 aliphatic carbocycles. The van der Waals surface area contributed by atoms with Gasteiger partial charge >= 0.3 is 0 Å². The molecule has 32 heavy (non-hydrogen) atoms. The molecule has 3 nitrogen and oxygen atoms in total. The van der Waals surface area contributed by atoms with E-state index >= 15 is 0 Å². The molecule has 152 valence electrons. The Hall–Kier alpha value is -4.11. The highest BCUT2D eigenvalue weighted by Crippen LogP contribution is 2.42. The summed E-state index contributed by atoms with van der Waals surface area (Å²) < 4.78 is 15.0. The minimum absolute atomic E-state index is 0.854. The van der Waals surface area contributed by atoms with E-state index < -0.39 is 0 Å². The standard InChI is InChI=1S/C29H20NO2/c1-17-11-13-19-20-14-16-25-27(21-8-4-6-10-24(21)31-25)29(20)32-28(19)26(17)23-15-12-18-7-3-5-9-22(18)30(23)2/h3-16H,1-2H3/q+1. The number of fused-ring (bicyclic) bond motifs is 8. The van der Waals surface area contributed by atoms with Crippen LogP contribution in [0.15, 0.2) is 93.8 Å². The third-order valence-corrected chi connectivity index (χ3v) is 6.69. The van der Waals surface area contributed by atoms with Crippen LogP contribution in [0.3, 0.4) is 0 Å². The molecule has 0 radical (unpaired) electrons. The van der Waals surface area contributed by atoms with Gasteiger partial charge in [-0.2, -0.15) is 4.57 Å². The zero-order valence-electron chi connectivity index (χ0n) is 17.8. The van der Waals surface area contributed by atoms with Gasteiger partial charge < -0.3 is 8.83 Å². The molecule has 0 saturated carbocycles. The van der Waals surface area contributed by atoms with Crippen LogP contribution in [-0.4, -0.2) is 0 Å². The number of nitrogens with zero attached hydrogens (tertiary/aromatic N) is 1. The minimum Gasteiger partial charge on any atom is -0.456 e. The quantitative estimate of drug-likeness (QED) is 0.261. The predicted octanol–water partition coefficient (Wildman–Crippen LogP) is 7.44. The Balaban J connectivity index is 1.64. The van der Waals surface area contributed by atoms with Gasteiger partial charge in [0.25, 0.3) is 0 Å². The van der Waals surface area contributed by atoms with Crippen LogP contribution in [0.2, 0.25) is 0 Å². The second-order valence-corrected chi connectivity index (χ2v) is 8.49. The lowest BCUT2D eigenvalue weighted by atomic mass is 9.99. The average Bonchev–Trinajstić information content (AvgIpc) is 3.38. The van der Waals surface area contributed by atoms with Crippen molar-refractivity contribution in [1.29, 1.82) is 0 Å². The smallest absolute Gasteiger partial charge is 0.216 e. The molecule has 4 aromatic carbocycles. The van der Waals surface area contributed by atoms with Gasteiger partial charge in [-0.25, -0.2) is 0 Å². The Morgan fingerprint density at radius 3 is 2.34 bits per heavy atom. The van der Waals surface area contributed by atoms with E-state index in [1.165, 1.54) is 16.5 Å². The number of furan rings is 2. The number of aromatic nitrogens is 1. The van der Waals surface area contributed by atoms with E-state index in [1.54, 1.807) is 0 Å². The zero-order valence-corrected chi connectivity index (χ0v) is 17.8. The summed E-state index contributed by atoms with van der Waals surface area (Å²) in [6, 6.07) is 29.6. The highest BCUT2D eigenvalue weighted by atomic mass is 16.3. The first-order valence-corrected chi connectivity index (χ1v) is 10.8. The lowest BCUT2D eigenvalue weighted by molar-refractivity contribution is -0.633. The summed E-state index contributed by atoms with van der Waals surface area (Å²) in [5, 5.41) is 5.59. The largest absolute Gasteiger partial charge is 0.456 e. The number of benzene rings is 4. The maximum absolute atomic E-state index is 6.69. The maximum Gasteiger partial charge on any atom is 0.216 e. The summed E-state index contributed by atoms with van der Waals surface area (Å²) in [7, 11) is 2.13. The first-order valence-electron chi connectivity index (χ1n) is 10.8. The molecular weight excluding hydrogens is 394 g/mol. The molecule has 0 amide bonds. The van der Waals surface area contributed by atoms with E-state index in [4.69, 9.17) is 8.83 Å². The molecule has 3 aromatic heterocycles. The minimum atomic E-state index is 0.854. The van der Waals surface area contributed by atoms with Gasteiger partial charge in [-0.15, -0.1) is 0 Å². The highest BCUT2D eigenvalue weighted by molar-refractivity contribution is 6.23. The Morgan fingerprint density at radius 2 is 1.41 bits per heavy atom. The molecule has 0 atom stereocenters. The summed E-state index contributed by atoms with van der Waals surface area (Å²) in [5.41, 5.74) is 8.20. The van der Waals surface area contributed by atoms with Gasteiger partial charge in [0.2, 0.25) is 11.2 Å². The first kappa shape index (κ1) is 17.6. The molecular formula is C29H20NO2+. The van der Waals surface area contributed by atoms with Crippen LogP contribution in [0.25, 0.3) is 66.0 Å². The van der Waals surface area contributed by atoms with Crippen molar-refractivity contribution in [2.45, 2.75) is 6.92 Å². The van der Waals surface area contributed by atoms with Crippen LogP contribution in [-0.2, 0) is 7.05 Å². The predicted molar refractivity (Wildman–Crippen MR) is 130 cm³/mol. The van der Waals surface area contributed by atoms with Gasteiger partial charge in [-0.1, -0.05) is 42.5 Å². The van der Waals surface area contributed by atoms with Gasteiger partial charge in [0, 0.05) is 33.7 Å². The molecule has 7 rings (SSSR count). The fraction of sp³-hybridized carbons (Fsp3) is 0.0690. The summed E-state index contributed by atoms with van der Waals surface area (Å²) in [5.74, 6) is 0. The fourth-order valence-corrected chi connectivity index (χ4v) is 5.12. The third-order valence-electron chi connectivity index (χ3n) is 6.69. The Bertz CT molecular complexity index is 1850. The highest BCUT2D eigenvalue weighted by Gasteiger charge is 2.23. The van der Waals surface area contributed by atoms with Crippen molar-refractivity contribution >= 4 is 54.8 Å². The van der Waals surface area contributed by atoms with Crippen LogP contribution >= 0.6 is 0 Å². The van der Waals surface area contributed by atoms with Crippen LogP contribution in [0.5, 0.6) is 0 Å². The molecule has 0 aliphatic rings. The van der Waals surface area contributed by atoms with Crippen LogP contribution in [0.4, 0.5) is 0 Å². The number of rotatable bonds is 1. The second kappa shape index (κ2) is 6.21. The molecule has 0 fully saturated rings. The Morgan fingerprint density at radius 1 is 0.625 bits per heavy atom. The van der Waals surface area contributed by atoms with Crippen LogP contribution < -0.4 is 4.57 Å². The number of hydrogen-bond acceptors (Lipinski definition) is 2. The number of aryl methyl sites for hydroxylation is 2. The molecule has 0 bridgehead atoms. The molecule has 0 spiro atoms. The van der Waals surface area contributed by atoms with Gasteiger partial charge in [-0.05, 0) is 42.8 Å². The summed E-state index contributed by atoms with van der Waals surface area (Å²) >= 11 is 0. The first-order chi connectivity index (χ1) is 15.7.